The van der Waals surface area contributed by atoms with Crippen LogP contribution >= 0.6 is 0 Å². The minimum absolute atomic E-state index is 0.0404. The van der Waals surface area contributed by atoms with E-state index >= 15 is 0 Å². The molecule has 0 aromatic heterocycles. The van der Waals surface area contributed by atoms with Crippen molar-refractivity contribution >= 4 is 17.7 Å². The molecule has 23 heavy (non-hydrogen) atoms. The molecule has 0 heterocycles. The van der Waals surface area contributed by atoms with Crippen LogP contribution in [0.15, 0.2) is 12.1 Å². The van der Waals surface area contributed by atoms with Gasteiger partial charge in [0.15, 0.2) is 17.5 Å². The fourth-order valence-corrected chi connectivity index (χ4v) is 1.75. The van der Waals surface area contributed by atoms with E-state index in [1.165, 1.54) is 12.0 Å². The molecule has 0 bridgehead atoms. The molecule has 1 aromatic rings. The third-order valence-electron chi connectivity index (χ3n) is 2.81. The first-order valence-corrected chi connectivity index (χ1v) is 7.25. The van der Waals surface area contributed by atoms with Gasteiger partial charge < -0.3 is 24.4 Å². The zero-order chi connectivity index (χ0) is 17.4. The molecule has 0 radical (unpaired) electrons. The largest absolute Gasteiger partial charge is 0.493 e. The van der Waals surface area contributed by atoms with E-state index in [-0.39, 0.29) is 5.96 Å². The molecular formula is C15H24N4O4. The topological polar surface area (TPSA) is 95.9 Å². The van der Waals surface area contributed by atoms with Gasteiger partial charge in [0.05, 0.1) is 20.3 Å². The highest BCUT2D eigenvalue weighted by Crippen LogP contribution is 2.42. The number of hydrogen-bond acceptors (Lipinski definition) is 5. The molecule has 0 atom stereocenters. The minimum Gasteiger partial charge on any atom is -0.493 e. The van der Waals surface area contributed by atoms with E-state index in [2.05, 4.69) is 10.6 Å². The van der Waals surface area contributed by atoms with Crippen molar-refractivity contribution in [2.75, 3.05) is 39.7 Å². The van der Waals surface area contributed by atoms with Gasteiger partial charge in [-0.1, -0.05) is 0 Å². The molecule has 0 aliphatic carbocycles. The Morgan fingerprint density at radius 2 is 1.78 bits per heavy atom. The second-order valence-corrected chi connectivity index (χ2v) is 4.66. The van der Waals surface area contributed by atoms with Gasteiger partial charge in [0.2, 0.25) is 0 Å². The Balaban J connectivity index is 3.13. The van der Waals surface area contributed by atoms with Gasteiger partial charge in [-0.2, -0.15) is 0 Å². The molecule has 0 unspecified atom stereocenters. The smallest absolute Gasteiger partial charge is 0.326 e. The molecule has 8 heteroatoms. The van der Waals surface area contributed by atoms with Crippen LogP contribution in [0.2, 0.25) is 0 Å². The van der Waals surface area contributed by atoms with E-state index in [1.54, 1.807) is 26.2 Å². The number of ether oxygens (including phenoxy) is 3. The van der Waals surface area contributed by atoms with Crippen LogP contribution in [0.5, 0.6) is 17.2 Å². The molecule has 3 N–H and O–H groups in total. The number of urea groups is 1. The van der Waals surface area contributed by atoms with Gasteiger partial charge in [-0.3, -0.25) is 10.7 Å². The van der Waals surface area contributed by atoms with E-state index in [9.17, 15) is 4.79 Å². The number of methoxy groups -OCH3 is 1. The van der Waals surface area contributed by atoms with Crippen LogP contribution in [0, 0.1) is 5.41 Å². The third-order valence-corrected chi connectivity index (χ3v) is 2.81. The number of amides is 2. The zero-order valence-electron chi connectivity index (χ0n) is 14.1. The van der Waals surface area contributed by atoms with Gasteiger partial charge in [0, 0.05) is 14.1 Å². The fourth-order valence-electron chi connectivity index (χ4n) is 1.75. The SMILES string of the molecule is CCOc1ccc(OC)c(OCC)c1NC(=O)NC(=N)N(C)C. The summed E-state index contributed by atoms with van der Waals surface area (Å²) in [4.78, 5) is 13.6. The first kappa shape index (κ1) is 18.4. The molecule has 1 aromatic carbocycles. The number of hydrogen-bond donors (Lipinski definition) is 3. The molecule has 2 amide bonds. The predicted molar refractivity (Wildman–Crippen MR) is 88.9 cm³/mol. The van der Waals surface area contributed by atoms with Crippen molar-refractivity contribution in [2.45, 2.75) is 13.8 Å². The maximum atomic E-state index is 12.1. The van der Waals surface area contributed by atoms with E-state index < -0.39 is 6.03 Å². The lowest BCUT2D eigenvalue weighted by atomic mass is 10.2. The Morgan fingerprint density at radius 3 is 2.30 bits per heavy atom. The summed E-state index contributed by atoms with van der Waals surface area (Å²) >= 11 is 0. The Morgan fingerprint density at radius 1 is 1.17 bits per heavy atom. The second-order valence-electron chi connectivity index (χ2n) is 4.66. The quantitative estimate of drug-likeness (QED) is 0.550. The lowest BCUT2D eigenvalue weighted by molar-refractivity contribution is 0.254. The number of carbonyl (C=O) groups excluding carboxylic acids is 1. The van der Waals surface area contributed by atoms with E-state index in [0.717, 1.165) is 0 Å². The second kappa shape index (κ2) is 8.72. The number of nitrogens with one attached hydrogen (secondary N) is 3. The summed E-state index contributed by atoms with van der Waals surface area (Å²) in [7, 11) is 4.83. The van der Waals surface area contributed by atoms with E-state index in [4.69, 9.17) is 19.6 Å². The van der Waals surface area contributed by atoms with Crippen molar-refractivity contribution in [3.05, 3.63) is 12.1 Å². The Hall–Kier alpha value is -2.64. The first-order chi connectivity index (χ1) is 10.9. The summed E-state index contributed by atoms with van der Waals surface area (Å²) in [5.74, 6) is 1.28. The molecule has 0 fully saturated rings. The number of carbonyl (C=O) groups is 1. The molecular weight excluding hydrogens is 300 g/mol. The van der Waals surface area contributed by atoms with Gasteiger partial charge in [-0.25, -0.2) is 4.79 Å². The highest BCUT2D eigenvalue weighted by atomic mass is 16.5. The lowest BCUT2D eigenvalue weighted by Crippen LogP contribution is -2.41. The summed E-state index contributed by atoms with van der Waals surface area (Å²) in [5, 5.41) is 12.7. The van der Waals surface area contributed by atoms with E-state index in [0.29, 0.717) is 36.1 Å². The van der Waals surface area contributed by atoms with Crippen LogP contribution in [0.25, 0.3) is 0 Å². The van der Waals surface area contributed by atoms with Gasteiger partial charge in [0.25, 0.3) is 0 Å². The Labute approximate surface area is 136 Å². The number of rotatable bonds is 6. The number of benzene rings is 1. The summed E-state index contributed by atoms with van der Waals surface area (Å²) in [6.07, 6.45) is 0. The van der Waals surface area contributed by atoms with Crippen molar-refractivity contribution in [2.24, 2.45) is 0 Å². The Bertz CT molecular complexity index is 561. The van der Waals surface area contributed by atoms with Crippen LogP contribution in [0.3, 0.4) is 0 Å². The molecule has 0 spiro atoms. The van der Waals surface area contributed by atoms with E-state index in [1.807, 2.05) is 13.8 Å². The van der Waals surface area contributed by atoms with Crippen LogP contribution < -0.4 is 24.8 Å². The van der Waals surface area contributed by atoms with Crippen LogP contribution in [0.1, 0.15) is 13.8 Å². The van der Waals surface area contributed by atoms with Crippen LogP contribution in [-0.4, -0.2) is 51.3 Å². The number of guanidine groups is 1. The van der Waals surface area contributed by atoms with Crippen molar-refractivity contribution in [1.29, 1.82) is 5.41 Å². The lowest BCUT2D eigenvalue weighted by Gasteiger charge is -2.19. The molecule has 0 aliphatic heterocycles. The zero-order valence-corrected chi connectivity index (χ0v) is 14.1. The van der Waals surface area contributed by atoms with Crippen molar-refractivity contribution in [3.8, 4) is 17.2 Å². The molecule has 1 rings (SSSR count). The van der Waals surface area contributed by atoms with Gasteiger partial charge in [-0.05, 0) is 26.0 Å². The van der Waals surface area contributed by atoms with Gasteiger partial charge in [0.1, 0.15) is 11.4 Å². The maximum absolute atomic E-state index is 12.1. The molecule has 0 aliphatic rings. The van der Waals surface area contributed by atoms with Crippen LogP contribution in [0.4, 0.5) is 10.5 Å². The van der Waals surface area contributed by atoms with Crippen LogP contribution in [-0.2, 0) is 0 Å². The maximum Gasteiger partial charge on any atom is 0.326 e. The fraction of sp³-hybridized carbons (Fsp3) is 0.467. The molecule has 128 valence electrons. The van der Waals surface area contributed by atoms with Crippen molar-refractivity contribution in [1.82, 2.24) is 10.2 Å². The normalized spacial score (nSPS) is 9.78. The molecule has 8 nitrogen and oxygen atoms in total. The third kappa shape index (κ3) is 4.94. The van der Waals surface area contributed by atoms with Gasteiger partial charge >= 0.3 is 6.03 Å². The standard InChI is InChI=1S/C15H24N4O4/c1-6-22-10-8-9-11(21-5)13(23-7-2)12(10)17-15(20)18-14(16)19(3)4/h8-9H,6-7H2,1-5H3,(H3,16,17,18,20). The van der Waals surface area contributed by atoms with Gasteiger partial charge in [-0.15, -0.1) is 0 Å². The predicted octanol–water partition coefficient (Wildman–Crippen LogP) is 2.11. The highest BCUT2D eigenvalue weighted by Gasteiger charge is 2.19. The number of anilines is 1. The average Bonchev–Trinajstić information content (AvgIpc) is 2.50. The minimum atomic E-state index is -0.571. The summed E-state index contributed by atoms with van der Waals surface area (Å²) in [6.45, 7) is 4.51. The molecule has 0 saturated heterocycles. The summed E-state index contributed by atoms with van der Waals surface area (Å²) < 4.78 is 16.4. The first-order valence-electron chi connectivity index (χ1n) is 7.25. The van der Waals surface area contributed by atoms with Crippen molar-refractivity contribution in [3.63, 3.8) is 0 Å². The Kier molecular flexibility index (Phi) is 6.98. The van der Waals surface area contributed by atoms with Crippen molar-refractivity contribution < 1.29 is 19.0 Å². The summed E-state index contributed by atoms with van der Waals surface area (Å²) in [5.41, 5.74) is 0.358. The molecule has 0 saturated carbocycles. The highest BCUT2D eigenvalue weighted by molar-refractivity contribution is 6.03. The monoisotopic (exact) mass is 324 g/mol. The summed E-state index contributed by atoms with van der Waals surface area (Å²) in [6, 6.07) is 2.83. The average molecular weight is 324 g/mol. The number of nitrogens with zero attached hydrogens (tertiary/aromatic N) is 1.